The molecule has 1 aromatic carbocycles. The number of rotatable bonds is 4. The van der Waals surface area contributed by atoms with Gasteiger partial charge in [-0.05, 0) is 56.2 Å². The molecule has 2 fully saturated rings. The second-order valence-electron chi connectivity index (χ2n) is 8.44. The topological polar surface area (TPSA) is 88.8 Å². The van der Waals surface area contributed by atoms with Crippen LogP contribution in [0.5, 0.6) is 5.75 Å². The van der Waals surface area contributed by atoms with Crippen LogP contribution in [0.25, 0.3) is 22.6 Å². The summed E-state index contributed by atoms with van der Waals surface area (Å²) < 4.78 is 1.82. The lowest BCUT2D eigenvalue weighted by molar-refractivity contribution is 0.261. The van der Waals surface area contributed by atoms with Gasteiger partial charge in [0.15, 0.2) is 5.82 Å². The molecule has 5 rings (SSSR count). The molecule has 29 heavy (non-hydrogen) atoms. The number of allylic oxidation sites excluding steroid dienone is 1. The SMILES string of the molecule is C=C(c1cnc(-c2ccc(-n3ccnc3)cc2O)nn1)[C@@H]1CC2CC[C@@](C)(C1)N2. The third kappa shape index (κ3) is 3.31. The Labute approximate surface area is 169 Å². The third-order valence-electron chi connectivity index (χ3n) is 6.27. The third-order valence-corrected chi connectivity index (χ3v) is 6.27. The van der Waals surface area contributed by atoms with Crippen molar-refractivity contribution in [2.45, 2.75) is 44.2 Å². The Balaban J connectivity index is 1.36. The summed E-state index contributed by atoms with van der Waals surface area (Å²) in [7, 11) is 0. The minimum atomic E-state index is 0.104. The first-order chi connectivity index (χ1) is 14.0. The Kier molecular flexibility index (Phi) is 4.20. The van der Waals surface area contributed by atoms with Crippen molar-refractivity contribution < 1.29 is 5.11 Å². The molecular weight excluding hydrogens is 364 g/mol. The van der Waals surface area contributed by atoms with Crippen LogP contribution >= 0.6 is 0 Å². The van der Waals surface area contributed by atoms with Crippen LogP contribution < -0.4 is 5.32 Å². The van der Waals surface area contributed by atoms with Gasteiger partial charge in [-0.1, -0.05) is 6.58 Å². The quantitative estimate of drug-likeness (QED) is 0.712. The van der Waals surface area contributed by atoms with Crippen molar-refractivity contribution >= 4 is 5.57 Å². The summed E-state index contributed by atoms with van der Waals surface area (Å²) in [6.45, 7) is 6.61. The number of nitrogens with zero attached hydrogens (tertiary/aromatic N) is 5. The monoisotopic (exact) mass is 388 g/mol. The van der Waals surface area contributed by atoms with Crippen LogP contribution in [0.1, 0.15) is 38.3 Å². The van der Waals surface area contributed by atoms with E-state index in [-0.39, 0.29) is 11.3 Å². The fourth-order valence-corrected chi connectivity index (χ4v) is 4.74. The lowest BCUT2D eigenvalue weighted by Gasteiger charge is -2.37. The maximum Gasteiger partial charge on any atom is 0.185 e. The first-order valence-corrected chi connectivity index (χ1v) is 9.99. The zero-order chi connectivity index (χ0) is 20.0. The van der Waals surface area contributed by atoms with E-state index in [1.165, 1.54) is 12.8 Å². The highest BCUT2D eigenvalue weighted by Gasteiger charge is 2.42. The number of nitrogens with one attached hydrogen (secondary N) is 1. The van der Waals surface area contributed by atoms with Gasteiger partial charge in [-0.2, -0.15) is 0 Å². The van der Waals surface area contributed by atoms with Crippen LogP contribution in [0.4, 0.5) is 0 Å². The number of imidazole rings is 1. The maximum absolute atomic E-state index is 10.5. The Morgan fingerprint density at radius 1 is 1.34 bits per heavy atom. The molecule has 4 heterocycles. The lowest BCUT2D eigenvalue weighted by atomic mass is 9.80. The van der Waals surface area contributed by atoms with Crippen LogP contribution in [0.3, 0.4) is 0 Å². The fraction of sp³-hybridized carbons (Fsp3) is 0.364. The molecule has 2 bridgehead atoms. The largest absolute Gasteiger partial charge is 0.507 e. The number of benzene rings is 1. The van der Waals surface area contributed by atoms with Crippen LogP contribution in [-0.4, -0.2) is 41.4 Å². The summed E-state index contributed by atoms with van der Waals surface area (Å²) in [5.41, 5.74) is 3.32. The minimum Gasteiger partial charge on any atom is -0.507 e. The van der Waals surface area contributed by atoms with Crippen molar-refractivity contribution in [2.24, 2.45) is 5.92 Å². The molecule has 0 radical (unpaired) electrons. The highest BCUT2D eigenvalue weighted by molar-refractivity contribution is 5.67. The fourth-order valence-electron chi connectivity index (χ4n) is 4.74. The van der Waals surface area contributed by atoms with Gasteiger partial charge in [0.2, 0.25) is 0 Å². The number of fused-ring (bicyclic) bond motifs is 2. The van der Waals surface area contributed by atoms with Crippen molar-refractivity contribution in [3.8, 4) is 22.8 Å². The normalized spacial score (nSPS) is 25.8. The molecule has 7 heteroatoms. The molecule has 0 aliphatic carbocycles. The predicted molar refractivity (Wildman–Crippen MR) is 110 cm³/mol. The van der Waals surface area contributed by atoms with E-state index in [2.05, 4.69) is 39.0 Å². The standard InChI is InChI=1S/C22H24N6O/c1-14(15-9-16-5-6-22(2,11-15)25-16)19-12-24-21(27-26-19)18-4-3-17(10-20(18)29)28-8-7-23-13-28/h3-4,7-8,10,12-13,15-16,25,29H,1,5-6,9,11H2,2H3/t15-,16?,22+/m1/s1. The van der Waals surface area contributed by atoms with Crippen LogP contribution in [0, 0.1) is 5.92 Å². The molecule has 1 unspecified atom stereocenters. The van der Waals surface area contributed by atoms with E-state index in [0.29, 0.717) is 23.3 Å². The van der Waals surface area contributed by atoms with Crippen LogP contribution in [-0.2, 0) is 0 Å². The summed E-state index contributed by atoms with van der Waals surface area (Å²) in [4.78, 5) is 8.49. The van der Waals surface area contributed by atoms with Crippen molar-refractivity contribution in [2.75, 3.05) is 0 Å². The zero-order valence-corrected chi connectivity index (χ0v) is 16.4. The van der Waals surface area contributed by atoms with E-state index in [9.17, 15) is 5.11 Å². The Morgan fingerprint density at radius 3 is 2.93 bits per heavy atom. The summed E-state index contributed by atoms with van der Waals surface area (Å²) in [5.74, 6) is 0.902. The van der Waals surface area contributed by atoms with Crippen molar-refractivity contribution in [1.82, 2.24) is 30.0 Å². The van der Waals surface area contributed by atoms with Gasteiger partial charge in [-0.3, -0.25) is 0 Å². The molecule has 2 N–H and O–H groups in total. The van der Waals surface area contributed by atoms with E-state index < -0.39 is 0 Å². The summed E-state index contributed by atoms with van der Waals surface area (Å²) >= 11 is 0. The number of piperidine rings is 1. The van der Waals surface area contributed by atoms with Gasteiger partial charge in [0, 0.05) is 30.0 Å². The maximum atomic E-state index is 10.5. The first kappa shape index (κ1) is 18.0. The highest BCUT2D eigenvalue weighted by Crippen LogP contribution is 2.43. The second kappa shape index (κ2) is 6.77. The molecule has 3 aromatic rings. The number of hydrogen-bond acceptors (Lipinski definition) is 6. The predicted octanol–water partition coefficient (Wildman–Crippen LogP) is 3.36. The summed E-state index contributed by atoms with van der Waals surface area (Å²) in [6.07, 6.45) is 11.5. The zero-order valence-electron chi connectivity index (χ0n) is 16.4. The van der Waals surface area contributed by atoms with Gasteiger partial charge < -0.3 is 15.0 Å². The van der Waals surface area contributed by atoms with Gasteiger partial charge in [-0.25, -0.2) is 9.97 Å². The molecule has 2 aliphatic rings. The smallest absolute Gasteiger partial charge is 0.185 e. The number of phenols is 1. The second-order valence-corrected chi connectivity index (χ2v) is 8.44. The Morgan fingerprint density at radius 2 is 2.24 bits per heavy atom. The van der Waals surface area contributed by atoms with E-state index in [4.69, 9.17) is 0 Å². The average Bonchev–Trinajstić information content (AvgIpc) is 3.35. The average molecular weight is 388 g/mol. The number of aromatic nitrogens is 5. The number of phenolic OH excluding ortho intramolecular Hbond substituents is 1. The molecule has 0 saturated carbocycles. The van der Waals surface area contributed by atoms with Crippen molar-refractivity contribution in [3.05, 3.63) is 55.4 Å². The highest BCUT2D eigenvalue weighted by atomic mass is 16.3. The molecule has 148 valence electrons. The molecule has 2 aromatic heterocycles. The van der Waals surface area contributed by atoms with E-state index in [0.717, 1.165) is 29.8 Å². The Bertz CT molecular complexity index is 1050. The lowest BCUT2D eigenvalue weighted by Crippen LogP contribution is -2.47. The molecule has 7 nitrogen and oxygen atoms in total. The minimum absolute atomic E-state index is 0.104. The van der Waals surface area contributed by atoms with Gasteiger partial charge >= 0.3 is 0 Å². The van der Waals surface area contributed by atoms with Crippen LogP contribution in [0.15, 0.2) is 49.7 Å². The van der Waals surface area contributed by atoms with E-state index in [1.54, 1.807) is 30.9 Å². The summed E-state index contributed by atoms with van der Waals surface area (Å²) in [5, 5.41) is 22.8. The van der Waals surface area contributed by atoms with Crippen LogP contribution in [0.2, 0.25) is 0 Å². The van der Waals surface area contributed by atoms with Gasteiger partial charge in [0.05, 0.1) is 23.8 Å². The molecule has 0 spiro atoms. The number of aromatic hydroxyl groups is 1. The van der Waals surface area contributed by atoms with Gasteiger partial charge in [0.25, 0.3) is 0 Å². The molecule has 2 saturated heterocycles. The van der Waals surface area contributed by atoms with E-state index >= 15 is 0 Å². The Hall–Kier alpha value is -3.06. The molecule has 2 aliphatic heterocycles. The molecular formula is C22H24N6O. The summed E-state index contributed by atoms with van der Waals surface area (Å²) in [6, 6.07) is 5.92. The molecule has 3 atom stereocenters. The van der Waals surface area contributed by atoms with Crippen molar-refractivity contribution in [3.63, 3.8) is 0 Å². The first-order valence-electron chi connectivity index (χ1n) is 9.99. The van der Waals surface area contributed by atoms with E-state index in [1.807, 2.05) is 16.8 Å². The van der Waals surface area contributed by atoms with Gasteiger partial charge in [-0.15, -0.1) is 10.2 Å². The van der Waals surface area contributed by atoms with Gasteiger partial charge in [0.1, 0.15) is 11.4 Å². The molecule has 0 amide bonds. The van der Waals surface area contributed by atoms with Crippen molar-refractivity contribution in [1.29, 1.82) is 0 Å². The number of hydrogen-bond donors (Lipinski definition) is 2.